The van der Waals surface area contributed by atoms with Gasteiger partial charge in [0.15, 0.2) is 5.11 Å². The van der Waals surface area contributed by atoms with Gasteiger partial charge in [0.25, 0.3) is 0 Å². The summed E-state index contributed by atoms with van der Waals surface area (Å²) in [6.45, 7) is 6.42. The monoisotopic (exact) mass is 569 g/mol. The minimum Gasteiger partial charge on any atom is -0.495 e. The lowest BCUT2D eigenvalue weighted by Gasteiger charge is -2.29. The molecule has 5 rings (SSSR count). The Bertz CT molecular complexity index is 1570. The quantitative estimate of drug-likeness (QED) is 0.246. The summed E-state index contributed by atoms with van der Waals surface area (Å²) in [6, 6.07) is 22.0. The molecule has 2 aromatic carbocycles. The molecular weight excluding hydrogens is 534 g/mol. The molecule has 4 aromatic rings. The van der Waals surface area contributed by atoms with Gasteiger partial charge in [-0.3, -0.25) is 9.78 Å². The second kappa shape index (κ2) is 12.1. The van der Waals surface area contributed by atoms with Gasteiger partial charge >= 0.3 is 0 Å². The van der Waals surface area contributed by atoms with Gasteiger partial charge in [0, 0.05) is 36.1 Å². The lowest BCUT2D eigenvalue weighted by Crippen LogP contribution is -2.29. The molecule has 2 aromatic heterocycles. The number of nitrogens with one attached hydrogen (secondary N) is 2. The van der Waals surface area contributed by atoms with E-state index in [4.69, 9.17) is 26.7 Å². The van der Waals surface area contributed by atoms with E-state index in [0.717, 1.165) is 34.8 Å². The van der Waals surface area contributed by atoms with Crippen molar-refractivity contribution in [2.45, 2.75) is 39.3 Å². The van der Waals surface area contributed by atoms with Crippen molar-refractivity contribution >= 4 is 34.6 Å². The Kier molecular flexibility index (Phi) is 8.37. The van der Waals surface area contributed by atoms with Crippen LogP contribution in [0.4, 0.5) is 11.4 Å². The summed E-state index contributed by atoms with van der Waals surface area (Å²) in [7, 11) is 3.06. The second-order valence-electron chi connectivity index (χ2n) is 10.0. The maximum Gasteiger partial charge on any atom is 0.250 e. The van der Waals surface area contributed by atoms with Gasteiger partial charge in [-0.15, -0.1) is 0 Å². The first-order valence-electron chi connectivity index (χ1n) is 13.6. The van der Waals surface area contributed by atoms with Crippen LogP contribution in [0, 0.1) is 13.8 Å². The Morgan fingerprint density at radius 1 is 1.07 bits per heavy atom. The Morgan fingerprint density at radius 3 is 2.56 bits per heavy atom. The average molecular weight is 570 g/mol. The number of rotatable bonds is 9. The molecule has 0 spiro atoms. The van der Waals surface area contributed by atoms with Crippen molar-refractivity contribution in [1.29, 1.82) is 0 Å². The lowest BCUT2D eigenvalue weighted by molar-refractivity contribution is -0.119. The fourth-order valence-electron chi connectivity index (χ4n) is 5.70. The predicted octanol–water partition coefficient (Wildman–Crippen LogP) is 5.82. The van der Waals surface area contributed by atoms with E-state index in [1.54, 1.807) is 13.3 Å². The third-order valence-corrected chi connectivity index (χ3v) is 7.83. The number of pyridine rings is 1. The molecule has 1 amide bonds. The van der Waals surface area contributed by atoms with E-state index in [2.05, 4.69) is 71.2 Å². The summed E-state index contributed by atoms with van der Waals surface area (Å²) in [6.07, 6.45) is 2.74. The Labute approximate surface area is 246 Å². The van der Waals surface area contributed by atoms with Crippen molar-refractivity contribution in [3.63, 3.8) is 0 Å². The standard InChI is InChI=1S/C32H35N5O3S/c1-6-22-11-7-8-13-27(22)36-20(2)17-24(21(36)3)31-30(25-12-9-10-16-33-25)35-32(41)37(31)23-14-15-28(40-5)26(18-23)34-29(38)19-39-4/h7-18,30-31H,6,19H2,1-5H3,(H,34,38)(H,35,41)/t30-,31+/m0/s1. The average Bonchev–Trinajstić information content (AvgIpc) is 3.48. The summed E-state index contributed by atoms with van der Waals surface area (Å²) in [5.41, 5.74) is 8.12. The number of aryl methyl sites for hydroxylation is 2. The summed E-state index contributed by atoms with van der Waals surface area (Å²) in [5.74, 6) is 0.273. The summed E-state index contributed by atoms with van der Waals surface area (Å²) >= 11 is 5.97. The molecule has 2 atom stereocenters. The van der Waals surface area contributed by atoms with Gasteiger partial charge in [0.05, 0.1) is 30.6 Å². The molecule has 2 N–H and O–H groups in total. The molecule has 8 nitrogen and oxygen atoms in total. The number of benzene rings is 2. The minimum absolute atomic E-state index is 0.0628. The first-order valence-corrected chi connectivity index (χ1v) is 14.0. The topological polar surface area (TPSA) is 80.7 Å². The number of hydrogen-bond acceptors (Lipinski definition) is 5. The second-order valence-corrected chi connectivity index (χ2v) is 10.4. The number of carbonyl (C=O) groups excluding carboxylic acids is 1. The van der Waals surface area contributed by atoms with Crippen molar-refractivity contribution < 1.29 is 14.3 Å². The van der Waals surface area contributed by atoms with Crippen LogP contribution in [-0.4, -0.2) is 41.4 Å². The maximum absolute atomic E-state index is 12.4. The van der Waals surface area contributed by atoms with Gasteiger partial charge < -0.3 is 29.6 Å². The van der Waals surface area contributed by atoms with E-state index in [0.29, 0.717) is 16.5 Å². The molecule has 3 heterocycles. The first kappa shape index (κ1) is 28.3. The Morgan fingerprint density at radius 2 is 1.85 bits per heavy atom. The summed E-state index contributed by atoms with van der Waals surface area (Å²) in [4.78, 5) is 19.2. The zero-order valence-electron chi connectivity index (χ0n) is 24.0. The molecule has 1 saturated heterocycles. The molecule has 1 aliphatic heterocycles. The molecule has 0 radical (unpaired) electrons. The number of thiocarbonyl (C=S) groups is 1. The Balaban J connectivity index is 1.66. The molecular formula is C32H35N5O3S. The fraction of sp³-hybridized carbons (Fsp3) is 0.281. The van der Waals surface area contributed by atoms with Crippen molar-refractivity contribution in [3.8, 4) is 11.4 Å². The number of methoxy groups -OCH3 is 2. The van der Waals surface area contributed by atoms with E-state index >= 15 is 0 Å². The molecule has 1 aliphatic rings. The van der Waals surface area contributed by atoms with Crippen molar-refractivity contribution in [2.75, 3.05) is 31.0 Å². The predicted molar refractivity (Wildman–Crippen MR) is 166 cm³/mol. The molecule has 9 heteroatoms. The number of para-hydroxylation sites is 1. The van der Waals surface area contributed by atoms with Crippen LogP contribution < -0.4 is 20.3 Å². The molecule has 0 bridgehead atoms. The largest absolute Gasteiger partial charge is 0.495 e. The molecule has 0 aliphatic carbocycles. The molecule has 212 valence electrons. The van der Waals surface area contributed by atoms with E-state index in [-0.39, 0.29) is 24.6 Å². The highest BCUT2D eigenvalue weighted by Gasteiger charge is 2.42. The van der Waals surface area contributed by atoms with Crippen LogP contribution in [0.5, 0.6) is 5.75 Å². The molecule has 0 saturated carbocycles. The van der Waals surface area contributed by atoms with Gasteiger partial charge in [-0.05, 0) is 86.1 Å². The van der Waals surface area contributed by atoms with E-state index in [1.807, 2.05) is 36.4 Å². The van der Waals surface area contributed by atoms with Crippen molar-refractivity contribution in [3.05, 3.63) is 101 Å². The van der Waals surface area contributed by atoms with Crippen LogP contribution >= 0.6 is 12.2 Å². The highest BCUT2D eigenvalue weighted by atomic mass is 32.1. The third-order valence-electron chi connectivity index (χ3n) is 7.51. The number of aromatic nitrogens is 2. The zero-order valence-corrected chi connectivity index (χ0v) is 24.8. The summed E-state index contributed by atoms with van der Waals surface area (Å²) in [5, 5.41) is 7.02. The maximum atomic E-state index is 12.4. The number of amides is 1. The smallest absolute Gasteiger partial charge is 0.250 e. The molecule has 0 unspecified atom stereocenters. The fourth-order valence-corrected chi connectivity index (χ4v) is 6.04. The number of ether oxygens (including phenoxy) is 2. The van der Waals surface area contributed by atoms with E-state index < -0.39 is 0 Å². The third kappa shape index (κ3) is 5.42. The number of carbonyl (C=O) groups is 1. The highest BCUT2D eigenvalue weighted by Crippen LogP contribution is 2.45. The van der Waals surface area contributed by atoms with Crippen LogP contribution in [0.3, 0.4) is 0 Å². The van der Waals surface area contributed by atoms with E-state index in [1.165, 1.54) is 18.4 Å². The van der Waals surface area contributed by atoms with Gasteiger partial charge in [-0.2, -0.15) is 0 Å². The van der Waals surface area contributed by atoms with Gasteiger partial charge in [-0.25, -0.2) is 0 Å². The van der Waals surface area contributed by atoms with Crippen LogP contribution in [0.15, 0.2) is 72.9 Å². The Hall–Kier alpha value is -4.21. The molecule has 41 heavy (non-hydrogen) atoms. The van der Waals surface area contributed by atoms with Crippen LogP contribution in [-0.2, 0) is 16.0 Å². The SMILES string of the molecule is CCc1ccccc1-n1c(C)cc([C@@H]2[C@H](c3ccccn3)NC(=S)N2c2ccc(OC)c(NC(=O)COC)c2)c1C. The lowest BCUT2D eigenvalue weighted by atomic mass is 9.96. The normalized spacial score (nSPS) is 16.5. The number of nitrogens with zero attached hydrogens (tertiary/aromatic N) is 3. The van der Waals surface area contributed by atoms with Gasteiger partial charge in [0.2, 0.25) is 5.91 Å². The summed E-state index contributed by atoms with van der Waals surface area (Å²) < 4.78 is 12.9. The van der Waals surface area contributed by atoms with Crippen molar-refractivity contribution in [1.82, 2.24) is 14.9 Å². The molecule has 1 fully saturated rings. The van der Waals surface area contributed by atoms with Gasteiger partial charge in [-0.1, -0.05) is 31.2 Å². The first-order chi connectivity index (χ1) is 19.9. The van der Waals surface area contributed by atoms with Crippen molar-refractivity contribution in [2.24, 2.45) is 0 Å². The number of anilines is 2. The van der Waals surface area contributed by atoms with E-state index in [9.17, 15) is 4.79 Å². The van der Waals surface area contributed by atoms with Crippen LogP contribution in [0.25, 0.3) is 5.69 Å². The highest BCUT2D eigenvalue weighted by molar-refractivity contribution is 7.80. The number of hydrogen-bond donors (Lipinski definition) is 2. The zero-order chi connectivity index (χ0) is 29.1. The van der Waals surface area contributed by atoms with Gasteiger partial charge in [0.1, 0.15) is 12.4 Å². The van der Waals surface area contributed by atoms with Crippen LogP contribution in [0.2, 0.25) is 0 Å². The minimum atomic E-state index is -0.272. The van der Waals surface area contributed by atoms with Crippen LogP contribution in [0.1, 0.15) is 47.2 Å².